The lowest BCUT2D eigenvalue weighted by molar-refractivity contribution is 0.0950. The largest absolute Gasteiger partial charge is 0.395 e. The van der Waals surface area contributed by atoms with Crippen LogP contribution in [0.1, 0.15) is 21.7 Å². The number of nitrogen functional groups attached to an aromatic ring is 1. The SMILES string of the molecule is Cc1[nH]nc(C(=O)NCCc2ccncc2)c1N. The van der Waals surface area contributed by atoms with Crippen LogP contribution in [0.5, 0.6) is 0 Å². The van der Waals surface area contributed by atoms with Gasteiger partial charge in [0.1, 0.15) is 0 Å². The van der Waals surface area contributed by atoms with Gasteiger partial charge >= 0.3 is 0 Å². The molecule has 2 rings (SSSR count). The van der Waals surface area contributed by atoms with Crippen molar-refractivity contribution in [2.45, 2.75) is 13.3 Å². The van der Waals surface area contributed by atoms with E-state index in [1.165, 1.54) is 0 Å². The molecule has 0 atom stereocenters. The van der Waals surface area contributed by atoms with Gasteiger partial charge in [-0.3, -0.25) is 14.9 Å². The third kappa shape index (κ3) is 2.65. The number of nitrogens with two attached hydrogens (primary N) is 1. The van der Waals surface area contributed by atoms with Crippen LogP contribution in [0.15, 0.2) is 24.5 Å². The van der Waals surface area contributed by atoms with E-state index >= 15 is 0 Å². The van der Waals surface area contributed by atoms with E-state index in [1.807, 2.05) is 12.1 Å². The highest BCUT2D eigenvalue weighted by molar-refractivity contribution is 5.97. The fraction of sp³-hybridized carbons (Fsp3) is 0.250. The number of hydrogen-bond donors (Lipinski definition) is 3. The number of anilines is 1. The standard InChI is InChI=1S/C12H15N5O/c1-8-10(13)11(17-16-8)12(18)15-7-4-9-2-5-14-6-3-9/h2-3,5-6H,4,7,13H2,1H3,(H,15,18)(H,16,17). The Labute approximate surface area is 105 Å². The third-order valence-electron chi connectivity index (χ3n) is 2.66. The zero-order chi connectivity index (χ0) is 13.0. The molecule has 0 aromatic carbocycles. The summed E-state index contributed by atoms with van der Waals surface area (Å²) in [6.07, 6.45) is 4.20. The summed E-state index contributed by atoms with van der Waals surface area (Å²) in [5.41, 5.74) is 8.20. The third-order valence-corrected chi connectivity index (χ3v) is 2.66. The number of carbonyl (C=O) groups is 1. The van der Waals surface area contributed by atoms with Gasteiger partial charge < -0.3 is 11.1 Å². The van der Waals surface area contributed by atoms with Crippen LogP contribution in [0, 0.1) is 6.92 Å². The van der Waals surface area contributed by atoms with Crippen molar-refractivity contribution in [2.75, 3.05) is 12.3 Å². The Bertz CT molecular complexity index is 535. The van der Waals surface area contributed by atoms with Gasteiger partial charge in [-0.15, -0.1) is 0 Å². The smallest absolute Gasteiger partial charge is 0.273 e. The maximum Gasteiger partial charge on any atom is 0.273 e. The number of pyridine rings is 1. The van der Waals surface area contributed by atoms with E-state index in [0.717, 1.165) is 12.0 Å². The van der Waals surface area contributed by atoms with Gasteiger partial charge in [-0.05, 0) is 31.0 Å². The van der Waals surface area contributed by atoms with E-state index in [2.05, 4.69) is 20.5 Å². The average molecular weight is 245 g/mol. The molecule has 0 bridgehead atoms. The van der Waals surface area contributed by atoms with E-state index in [9.17, 15) is 4.79 Å². The number of nitrogens with zero attached hydrogens (tertiary/aromatic N) is 2. The number of H-pyrrole nitrogens is 1. The molecule has 4 N–H and O–H groups in total. The summed E-state index contributed by atoms with van der Waals surface area (Å²) in [5.74, 6) is -0.258. The van der Waals surface area contributed by atoms with Crippen LogP contribution in [-0.2, 0) is 6.42 Å². The first-order valence-electron chi connectivity index (χ1n) is 5.66. The maximum absolute atomic E-state index is 11.8. The molecule has 18 heavy (non-hydrogen) atoms. The summed E-state index contributed by atoms with van der Waals surface area (Å²) in [7, 11) is 0. The average Bonchev–Trinajstić information content (AvgIpc) is 2.71. The molecule has 0 spiro atoms. The second-order valence-electron chi connectivity index (χ2n) is 3.97. The molecule has 0 aliphatic rings. The summed E-state index contributed by atoms with van der Waals surface area (Å²) in [5, 5.41) is 9.33. The van der Waals surface area contributed by atoms with Gasteiger partial charge in [0, 0.05) is 18.9 Å². The Balaban J connectivity index is 1.88. The molecule has 94 valence electrons. The number of nitrogens with one attached hydrogen (secondary N) is 2. The Morgan fingerprint density at radius 3 is 2.78 bits per heavy atom. The Hall–Kier alpha value is -2.37. The van der Waals surface area contributed by atoms with Crippen molar-refractivity contribution in [1.29, 1.82) is 0 Å². The van der Waals surface area contributed by atoms with Crippen LogP contribution in [0.3, 0.4) is 0 Å². The molecule has 0 saturated carbocycles. The first kappa shape index (κ1) is 12.1. The zero-order valence-corrected chi connectivity index (χ0v) is 10.1. The summed E-state index contributed by atoms with van der Waals surface area (Å²) in [6.45, 7) is 2.31. The van der Waals surface area contributed by atoms with Crippen LogP contribution in [0.25, 0.3) is 0 Å². The van der Waals surface area contributed by atoms with Crippen molar-refractivity contribution < 1.29 is 4.79 Å². The van der Waals surface area contributed by atoms with Crippen molar-refractivity contribution >= 4 is 11.6 Å². The van der Waals surface area contributed by atoms with Crippen LogP contribution in [0.2, 0.25) is 0 Å². The number of aromatic nitrogens is 3. The molecule has 6 heteroatoms. The summed E-state index contributed by atoms with van der Waals surface area (Å²) in [6, 6.07) is 3.83. The highest BCUT2D eigenvalue weighted by Gasteiger charge is 2.14. The highest BCUT2D eigenvalue weighted by atomic mass is 16.1. The molecule has 0 unspecified atom stereocenters. The number of carbonyl (C=O) groups excluding carboxylic acids is 1. The van der Waals surface area contributed by atoms with E-state index in [0.29, 0.717) is 17.9 Å². The van der Waals surface area contributed by atoms with Gasteiger partial charge in [-0.25, -0.2) is 0 Å². The molecular formula is C12H15N5O. The van der Waals surface area contributed by atoms with Crippen molar-refractivity contribution in [2.24, 2.45) is 0 Å². The summed E-state index contributed by atoms with van der Waals surface area (Å²) in [4.78, 5) is 15.7. The number of rotatable bonds is 4. The molecule has 2 aromatic heterocycles. The van der Waals surface area contributed by atoms with Crippen molar-refractivity contribution in [3.8, 4) is 0 Å². The van der Waals surface area contributed by atoms with Gasteiger partial charge in [-0.2, -0.15) is 5.10 Å². The van der Waals surface area contributed by atoms with Crippen molar-refractivity contribution in [1.82, 2.24) is 20.5 Å². The Morgan fingerprint density at radius 1 is 1.44 bits per heavy atom. The van der Waals surface area contributed by atoms with E-state index in [4.69, 9.17) is 5.73 Å². The van der Waals surface area contributed by atoms with Gasteiger partial charge in [0.25, 0.3) is 5.91 Å². The minimum Gasteiger partial charge on any atom is -0.395 e. The monoisotopic (exact) mass is 245 g/mol. The maximum atomic E-state index is 11.8. The van der Waals surface area contributed by atoms with E-state index < -0.39 is 0 Å². The van der Waals surface area contributed by atoms with E-state index in [1.54, 1.807) is 19.3 Å². The molecule has 1 amide bonds. The topological polar surface area (TPSA) is 96.7 Å². The molecule has 0 fully saturated rings. The van der Waals surface area contributed by atoms with Crippen molar-refractivity contribution in [3.05, 3.63) is 41.5 Å². The van der Waals surface area contributed by atoms with E-state index in [-0.39, 0.29) is 11.6 Å². The van der Waals surface area contributed by atoms with Crippen LogP contribution >= 0.6 is 0 Å². The first-order valence-corrected chi connectivity index (χ1v) is 5.66. The molecule has 0 radical (unpaired) electrons. The fourth-order valence-electron chi connectivity index (χ4n) is 1.56. The number of amides is 1. The van der Waals surface area contributed by atoms with Gasteiger partial charge in [0.2, 0.25) is 0 Å². The number of hydrogen-bond acceptors (Lipinski definition) is 4. The lowest BCUT2D eigenvalue weighted by Crippen LogP contribution is -2.26. The van der Waals surface area contributed by atoms with Crippen LogP contribution in [0.4, 0.5) is 5.69 Å². The second kappa shape index (κ2) is 5.31. The summed E-state index contributed by atoms with van der Waals surface area (Å²) < 4.78 is 0. The lowest BCUT2D eigenvalue weighted by atomic mass is 10.2. The minimum absolute atomic E-state index is 0.252. The molecule has 0 aliphatic heterocycles. The first-order chi connectivity index (χ1) is 8.68. The number of aryl methyl sites for hydroxylation is 1. The molecule has 6 nitrogen and oxygen atoms in total. The minimum atomic E-state index is -0.258. The quantitative estimate of drug-likeness (QED) is 0.737. The Morgan fingerprint density at radius 2 is 2.17 bits per heavy atom. The van der Waals surface area contributed by atoms with Crippen molar-refractivity contribution in [3.63, 3.8) is 0 Å². The number of aromatic amines is 1. The fourth-order valence-corrected chi connectivity index (χ4v) is 1.56. The zero-order valence-electron chi connectivity index (χ0n) is 10.1. The Kier molecular flexibility index (Phi) is 3.57. The predicted molar refractivity (Wildman–Crippen MR) is 68.0 cm³/mol. The summed E-state index contributed by atoms with van der Waals surface area (Å²) >= 11 is 0. The normalized spacial score (nSPS) is 10.3. The molecule has 0 aliphatic carbocycles. The van der Waals surface area contributed by atoms with Gasteiger partial charge in [-0.1, -0.05) is 0 Å². The predicted octanol–water partition coefficient (Wildman–Crippen LogP) is 0.668. The van der Waals surface area contributed by atoms with Crippen LogP contribution in [-0.4, -0.2) is 27.6 Å². The van der Waals surface area contributed by atoms with Crippen LogP contribution < -0.4 is 11.1 Å². The van der Waals surface area contributed by atoms with Gasteiger partial charge in [0.05, 0.1) is 11.4 Å². The molecule has 2 heterocycles. The molecular weight excluding hydrogens is 230 g/mol. The lowest BCUT2D eigenvalue weighted by Gasteiger charge is -2.03. The molecule has 2 aromatic rings. The second-order valence-corrected chi connectivity index (χ2v) is 3.97. The molecule has 0 saturated heterocycles. The van der Waals surface area contributed by atoms with Gasteiger partial charge in [0.15, 0.2) is 5.69 Å². The highest BCUT2D eigenvalue weighted by Crippen LogP contribution is 2.11.